The highest BCUT2D eigenvalue weighted by Crippen LogP contribution is 2.22. The standard InChI is InChI=1S/C24H26N2O6S/c1-15-12-16(2)22(17(3)13-15)26-23(27)18(4)32-24(28)19-7-9-21(10-8-19)33(29,30)25-14-20-6-5-11-31-20/h5-13,18,25H,14H2,1-4H3,(H,26,27)/t18-/m0/s1. The molecule has 0 saturated heterocycles. The average molecular weight is 471 g/mol. The van der Waals surface area contributed by atoms with Crippen molar-refractivity contribution < 1.29 is 27.2 Å². The van der Waals surface area contributed by atoms with Gasteiger partial charge >= 0.3 is 5.97 Å². The van der Waals surface area contributed by atoms with Gasteiger partial charge in [-0.2, -0.15) is 0 Å². The first-order valence-electron chi connectivity index (χ1n) is 10.3. The number of carbonyl (C=O) groups is 2. The molecular formula is C24H26N2O6S. The van der Waals surface area contributed by atoms with Crippen molar-refractivity contribution in [1.82, 2.24) is 4.72 Å². The Hall–Kier alpha value is -3.43. The van der Waals surface area contributed by atoms with Crippen LogP contribution in [0.1, 0.15) is 39.7 Å². The molecule has 1 heterocycles. The second kappa shape index (κ2) is 10.0. The number of hydrogen-bond acceptors (Lipinski definition) is 6. The summed E-state index contributed by atoms with van der Waals surface area (Å²) in [6.07, 6.45) is 0.407. The van der Waals surface area contributed by atoms with Crippen molar-refractivity contribution in [2.45, 2.75) is 45.2 Å². The molecule has 0 radical (unpaired) electrons. The molecule has 174 valence electrons. The van der Waals surface area contributed by atoms with Crippen LogP contribution < -0.4 is 10.0 Å². The van der Waals surface area contributed by atoms with E-state index in [0.717, 1.165) is 16.7 Å². The normalized spacial score (nSPS) is 12.2. The number of furan rings is 1. The maximum Gasteiger partial charge on any atom is 0.338 e. The molecule has 0 fully saturated rings. The third-order valence-electron chi connectivity index (χ3n) is 5.00. The van der Waals surface area contributed by atoms with Crippen LogP contribution in [0.4, 0.5) is 5.69 Å². The topological polar surface area (TPSA) is 115 Å². The summed E-state index contributed by atoms with van der Waals surface area (Å²) in [6.45, 7) is 7.24. The average Bonchev–Trinajstić information content (AvgIpc) is 3.28. The minimum atomic E-state index is -3.79. The smallest absolute Gasteiger partial charge is 0.338 e. The van der Waals surface area contributed by atoms with Crippen LogP contribution in [0.15, 0.2) is 64.1 Å². The summed E-state index contributed by atoms with van der Waals surface area (Å²) in [6, 6.07) is 12.5. The van der Waals surface area contributed by atoms with Crippen LogP contribution in [0.3, 0.4) is 0 Å². The molecule has 2 N–H and O–H groups in total. The van der Waals surface area contributed by atoms with Gasteiger partial charge in [0.15, 0.2) is 6.10 Å². The summed E-state index contributed by atoms with van der Waals surface area (Å²) in [5, 5.41) is 2.81. The van der Waals surface area contributed by atoms with Crippen molar-refractivity contribution in [3.8, 4) is 0 Å². The molecule has 1 amide bonds. The van der Waals surface area contributed by atoms with Crippen LogP contribution in [0.5, 0.6) is 0 Å². The fourth-order valence-electron chi connectivity index (χ4n) is 3.32. The number of nitrogens with one attached hydrogen (secondary N) is 2. The van der Waals surface area contributed by atoms with Crippen molar-refractivity contribution in [3.05, 3.63) is 82.8 Å². The molecule has 1 atom stereocenters. The van der Waals surface area contributed by atoms with Gasteiger partial charge in [0.25, 0.3) is 5.91 Å². The zero-order chi connectivity index (χ0) is 24.2. The SMILES string of the molecule is Cc1cc(C)c(NC(=O)[C@H](C)OC(=O)c2ccc(S(=O)(=O)NCc3ccco3)cc2)c(C)c1. The van der Waals surface area contributed by atoms with Gasteiger partial charge in [-0.1, -0.05) is 17.7 Å². The summed E-state index contributed by atoms with van der Waals surface area (Å²) in [7, 11) is -3.79. The van der Waals surface area contributed by atoms with Gasteiger partial charge in [0, 0.05) is 5.69 Å². The number of hydrogen-bond donors (Lipinski definition) is 2. The van der Waals surface area contributed by atoms with E-state index in [4.69, 9.17) is 9.15 Å². The molecule has 0 saturated carbocycles. The molecule has 0 spiro atoms. The Balaban J connectivity index is 1.61. The van der Waals surface area contributed by atoms with E-state index >= 15 is 0 Å². The second-order valence-corrected chi connectivity index (χ2v) is 9.51. The summed E-state index contributed by atoms with van der Waals surface area (Å²) in [5.74, 6) is -0.718. The van der Waals surface area contributed by atoms with E-state index in [-0.39, 0.29) is 17.0 Å². The lowest BCUT2D eigenvalue weighted by atomic mass is 10.0. The minimum absolute atomic E-state index is 0.00564. The van der Waals surface area contributed by atoms with E-state index in [2.05, 4.69) is 10.0 Å². The molecule has 0 aliphatic heterocycles. The molecule has 3 aromatic rings. The van der Waals surface area contributed by atoms with Crippen molar-refractivity contribution in [2.75, 3.05) is 5.32 Å². The maximum absolute atomic E-state index is 12.5. The molecule has 9 heteroatoms. The molecule has 0 unspecified atom stereocenters. The lowest BCUT2D eigenvalue weighted by molar-refractivity contribution is -0.123. The number of ether oxygens (including phenoxy) is 1. The van der Waals surface area contributed by atoms with Gasteiger partial charge in [-0.05, 0) is 75.2 Å². The van der Waals surface area contributed by atoms with Gasteiger partial charge in [0.1, 0.15) is 5.76 Å². The van der Waals surface area contributed by atoms with Crippen LogP contribution in [0.25, 0.3) is 0 Å². The van der Waals surface area contributed by atoms with Crippen LogP contribution in [0.2, 0.25) is 0 Å². The lowest BCUT2D eigenvalue weighted by Crippen LogP contribution is -2.30. The van der Waals surface area contributed by atoms with Gasteiger partial charge in [0.05, 0.1) is 23.3 Å². The van der Waals surface area contributed by atoms with Gasteiger partial charge in [-0.3, -0.25) is 4.79 Å². The summed E-state index contributed by atoms with van der Waals surface area (Å²) >= 11 is 0. The molecule has 1 aromatic heterocycles. The molecule has 0 aliphatic carbocycles. The number of amides is 1. The van der Waals surface area contributed by atoms with E-state index in [1.807, 2.05) is 32.9 Å². The first-order valence-corrected chi connectivity index (χ1v) is 11.8. The Kier molecular flexibility index (Phi) is 7.35. The number of esters is 1. The van der Waals surface area contributed by atoms with Crippen LogP contribution in [-0.2, 0) is 26.1 Å². The first kappa shape index (κ1) is 24.2. The maximum atomic E-state index is 12.5. The fraction of sp³-hybridized carbons (Fsp3) is 0.250. The highest BCUT2D eigenvalue weighted by Gasteiger charge is 2.21. The third kappa shape index (κ3) is 6.09. The first-order chi connectivity index (χ1) is 15.6. The Morgan fingerprint density at radius 3 is 2.24 bits per heavy atom. The van der Waals surface area contributed by atoms with Crippen molar-refractivity contribution in [1.29, 1.82) is 0 Å². The summed E-state index contributed by atoms with van der Waals surface area (Å²) < 4.78 is 37.6. The van der Waals surface area contributed by atoms with E-state index in [9.17, 15) is 18.0 Å². The molecule has 3 rings (SSSR count). The number of benzene rings is 2. The van der Waals surface area contributed by atoms with Crippen molar-refractivity contribution in [3.63, 3.8) is 0 Å². The van der Waals surface area contributed by atoms with E-state index in [1.165, 1.54) is 37.5 Å². The Morgan fingerprint density at radius 1 is 1.03 bits per heavy atom. The van der Waals surface area contributed by atoms with Gasteiger partial charge in [-0.15, -0.1) is 0 Å². The van der Waals surface area contributed by atoms with Gasteiger partial charge in [0.2, 0.25) is 10.0 Å². The predicted octanol–water partition coefficient (Wildman–Crippen LogP) is 3.87. The largest absolute Gasteiger partial charge is 0.468 e. The Morgan fingerprint density at radius 2 is 1.67 bits per heavy atom. The Labute approximate surface area is 193 Å². The van der Waals surface area contributed by atoms with E-state index in [1.54, 1.807) is 12.1 Å². The molecule has 2 aromatic carbocycles. The molecule has 8 nitrogen and oxygen atoms in total. The summed E-state index contributed by atoms with van der Waals surface area (Å²) in [5.41, 5.74) is 3.73. The molecule has 0 bridgehead atoms. The van der Waals surface area contributed by atoms with Crippen LogP contribution >= 0.6 is 0 Å². The van der Waals surface area contributed by atoms with Crippen molar-refractivity contribution >= 4 is 27.6 Å². The van der Waals surface area contributed by atoms with E-state index in [0.29, 0.717) is 11.4 Å². The van der Waals surface area contributed by atoms with Crippen LogP contribution in [0, 0.1) is 20.8 Å². The number of sulfonamides is 1. The number of aryl methyl sites for hydroxylation is 3. The zero-order valence-electron chi connectivity index (χ0n) is 18.8. The highest BCUT2D eigenvalue weighted by molar-refractivity contribution is 7.89. The number of anilines is 1. The van der Waals surface area contributed by atoms with Gasteiger partial charge in [-0.25, -0.2) is 17.9 Å². The monoisotopic (exact) mass is 470 g/mol. The zero-order valence-corrected chi connectivity index (χ0v) is 19.7. The highest BCUT2D eigenvalue weighted by atomic mass is 32.2. The summed E-state index contributed by atoms with van der Waals surface area (Å²) in [4.78, 5) is 25.0. The minimum Gasteiger partial charge on any atom is -0.468 e. The van der Waals surface area contributed by atoms with Crippen molar-refractivity contribution in [2.24, 2.45) is 0 Å². The predicted molar refractivity (Wildman–Crippen MR) is 123 cm³/mol. The quantitative estimate of drug-likeness (QED) is 0.483. The third-order valence-corrected chi connectivity index (χ3v) is 6.41. The molecule has 0 aliphatic rings. The molecular weight excluding hydrogens is 444 g/mol. The van der Waals surface area contributed by atoms with E-state index < -0.39 is 28.0 Å². The number of rotatable bonds is 8. The van der Waals surface area contributed by atoms with Crippen LogP contribution in [-0.4, -0.2) is 26.4 Å². The Bertz CT molecular complexity index is 1230. The fourth-order valence-corrected chi connectivity index (χ4v) is 4.31. The lowest BCUT2D eigenvalue weighted by Gasteiger charge is -2.17. The van der Waals surface area contributed by atoms with Gasteiger partial charge < -0.3 is 14.5 Å². The second-order valence-electron chi connectivity index (χ2n) is 7.74. The molecule has 33 heavy (non-hydrogen) atoms. The number of carbonyl (C=O) groups excluding carboxylic acids is 2.